The summed E-state index contributed by atoms with van der Waals surface area (Å²) < 4.78 is 0. The highest BCUT2D eigenvalue weighted by Crippen LogP contribution is 2.30. The highest BCUT2D eigenvalue weighted by atomic mass is 16.5. The minimum Gasteiger partial charge on any atom is -0.369 e. The van der Waals surface area contributed by atoms with Gasteiger partial charge in [0, 0.05) is 25.6 Å². The van der Waals surface area contributed by atoms with Crippen LogP contribution in [0.25, 0.3) is 0 Å². The molecule has 0 radical (unpaired) electrons. The first-order chi connectivity index (χ1) is 11.1. The maximum Gasteiger partial charge on any atom is 0.243 e. The van der Waals surface area contributed by atoms with E-state index in [0.29, 0.717) is 38.4 Å². The molecule has 3 atom stereocenters. The molecule has 3 rings (SSSR count). The lowest BCUT2D eigenvalue weighted by Gasteiger charge is -2.36. The van der Waals surface area contributed by atoms with Crippen molar-refractivity contribution in [2.75, 3.05) is 19.6 Å². The molecule has 1 aromatic rings. The van der Waals surface area contributed by atoms with Crippen molar-refractivity contribution in [2.24, 2.45) is 11.7 Å². The molecule has 2 saturated heterocycles. The molecule has 2 fully saturated rings. The number of hydroxylamine groups is 2. The van der Waals surface area contributed by atoms with Gasteiger partial charge < -0.3 is 15.8 Å². The molecule has 0 aromatic heterocycles. The largest absolute Gasteiger partial charge is 0.369 e. The van der Waals surface area contributed by atoms with Gasteiger partial charge in [0.05, 0.1) is 5.92 Å². The van der Waals surface area contributed by atoms with E-state index in [1.54, 1.807) is 4.90 Å². The zero-order valence-electron chi connectivity index (χ0n) is 13.1. The Balaban J connectivity index is 1.71. The molecule has 3 N–H and O–H groups in total. The van der Waals surface area contributed by atoms with E-state index in [-0.39, 0.29) is 5.91 Å². The second-order valence-corrected chi connectivity index (χ2v) is 6.44. The van der Waals surface area contributed by atoms with Crippen LogP contribution in [0, 0.1) is 5.92 Å². The van der Waals surface area contributed by atoms with E-state index in [2.05, 4.69) is 12.1 Å². The quantitative estimate of drug-likeness (QED) is 0.869. The van der Waals surface area contributed by atoms with E-state index in [0.717, 1.165) is 11.5 Å². The highest BCUT2D eigenvalue weighted by molar-refractivity contribution is 5.89. The number of nitrogens with two attached hydrogens (primary N) is 1. The van der Waals surface area contributed by atoms with Crippen molar-refractivity contribution in [1.29, 1.82) is 0 Å². The SMILES string of the molecule is NC(=O)C1CCCN(O)C1C(=O)N1CC[C@H](c2ccccc2)C1. The van der Waals surface area contributed by atoms with Crippen molar-refractivity contribution in [3.8, 4) is 0 Å². The number of carbonyl (C=O) groups is 2. The van der Waals surface area contributed by atoms with Crippen molar-refractivity contribution >= 4 is 11.8 Å². The third-order valence-electron chi connectivity index (χ3n) is 4.99. The van der Waals surface area contributed by atoms with Crippen molar-refractivity contribution in [3.63, 3.8) is 0 Å². The van der Waals surface area contributed by atoms with E-state index in [1.807, 2.05) is 18.2 Å². The maximum absolute atomic E-state index is 12.8. The van der Waals surface area contributed by atoms with Crippen LogP contribution in [-0.2, 0) is 9.59 Å². The molecule has 2 unspecified atom stereocenters. The molecule has 2 heterocycles. The van der Waals surface area contributed by atoms with Gasteiger partial charge in [0.15, 0.2) is 0 Å². The average molecular weight is 317 g/mol. The molecule has 0 aliphatic carbocycles. The van der Waals surface area contributed by atoms with Crippen LogP contribution >= 0.6 is 0 Å². The van der Waals surface area contributed by atoms with Crippen LogP contribution in [0.15, 0.2) is 30.3 Å². The standard InChI is InChI=1S/C17H23N3O3/c18-16(21)14-7-4-9-20(23)15(14)17(22)19-10-8-13(11-19)12-5-2-1-3-6-12/h1-3,5-6,13-15,23H,4,7-11H2,(H2,18,21)/t13-,14?,15?/m0/s1. The third-order valence-corrected chi connectivity index (χ3v) is 4.99. The topological polar surface area (TPSA) is 86.9 Å². The van der Waals surface area contributed by atoms with Crippen molar-refractivity contribution in [3.05, 3.63) is 35.9 Å². The summed E-state index contributed by atoms with van der Waals surface area (Å²) in [6.45, 7) is 1.67. The fourth-order valence-electron chi connectivity index (χ4n) is 3.72. The molecule has 6 heteroatoms. The molecule has 2 aliphatic rings. The fraction of sp³-hybridized carbons (Fsp3) is 0.529. The van der Waals surface area contributed by atoms with Crippen LogP contribution < -0.4 is 5.73 Å². The van der Waals surface area contributed by atoms with Crippen LogP contribution in [0.2, 0.25) is 0 Å². The van der Waals surface area contributed by atoms with Crippen LogP contribution in [0.3, 0.4) is 0 Å². The smallest absolute Gasteiger partial charge is 0.243 e. The molecule has 124 valence electrons. The van der Waals surface area contributed by atoms with Crippen molar-refractivity contribution < 1.29 is 14.8 Å². The van der Waals surface area contributed by atoms with Crippen LogP contribution in [-0.4, -0.2) is 52.7 Å². The van der Waals surface area contributed by atoms with Gasteiger partial charge in [0.25, 0.3) is 0 Å². The molecule has 1 aromatic carbocycles. The number of amides is 2. The van der Waals surface area contributed by atoms with E-state index in [9.17, 15) is 14.8 Å². The maximum atomic E-state index is 12.8. The number of primary amides is 1. The van der Waals surface area contributed by atoms with Gasteiger partial charge in [-0.25, -0.2) is 0 Å². The number of hydrogen-bond acceptors (Lipinski definition) is 4. The first kappa shape index (κ1) is 16.0. The van der Waals surface area contributed by atoms with Gasteiger partial charge in [0.1, 0.15) is 6.04 Å². The van der Waals surface area contributed by atoms with Crippen LogP contribution in [0.5, 0.6) is 0 Å². The molecule has 2 amide bonds. The lowest BCUT2D eigenvalue weighted by atomic mass is 9.89. The summed E-state index contributed by atoms with van der Waals surface area (Å²) in [7, 11) is 0. The molecule has 0 spiro atoms. The lowest BCUT2D eigenvalue weighted by molar-refractivity contribution is -0.182. The van der Waals surface area contributed by atoms with Gasteiger partial charge in [-0.15, -0.1) is 0 Å². The molecule has 6 nitrogen and oxygen atoms in total. The summed E-state index contributed by atoms with van der Waals surface area (Å²) >= 11 is 0. The lowest BCUT2D eigenvalue weighted by Crippen LogP contribution is -2.56. The zero-order valence-corrected chi connectivity index (χ0v) is 13.1. The number of piperidine rings is 1. The number of rotatable bonds is 3. The minimum atomic E-state index is -0.837. The van der Waals surface area contributed by atoms with E-state index in [1.165, 1.54) is 5.56 Å². The minimum absolute atomic E-state index is 0.186. The average Bonchev–Trinajstić information content (AvgIpc) is 3.05. The second kappa shape index (κ2) is 6.68. The van der Waals surface area contributed by atoms with Gasteiger partial charge in [-0.1, -0.05) is 30.3 Å². The van der Waals surface area contributed by atoms with Crippen LogP contribution in [0.4, 0.5) is 0 Å². The molecule has 2 aliphatic heterocycles. The van der Waals surface area contributed by atoms with E-state index < -0.39 is 17.9 Å². The summed E-state index contributed by atoms with van der Waals surface area (Å²) in [5.41, 5.74) is 6.65. The molecule has 23 heavy (non-hydrogen) atoms. The Hall–Kier alpha value is -1.92. The first-order valence-corrected chi connectivity index (χ1v) is 8.16. The van der Waals surface area contributed by atoms with Crippen LogP contribution in [0.1, 0.15) is 30.7 Å². The molecular weight excluding hydrogens is 294 g/mol. The molecule has 0 saturated carbocycles. The number of likely N-dealkylation sites (tertiary alicyclic amines) is 1. The van der Waals surface area contributed by atoms with Crippen molar-refractivity contribution in [2.45, 2.75) is 31.2 Å². The molecular formula is C17H23N3O3. The zero-order chi connectivity index (χ0) is 16.4. The summed E-state index contributed by atoms with van der Waals surface area (Å²) in [6, 6.07) is 9.28. The normalized spacial score (nSPS) is 28.7. The summed E-state index contributed by atoms with van der Waals surface area (Å²) in [5, 5.41) is 11.1. The number of hydrogen-bond donors (Lipinski definition) is 2. The van der Waals surface area contributed by atoms with Gasteiger partial charge in [-0.3, -0.25) is 9.59 Å². The highest BCUT2D eigenvalue weighted by Gasteiger charge is 2.43. The summed E-state index contributed by atoms with van der Waals surface area (Å²) in [6.07, 6.45) is 2.12. The Morgan fingerprint density at radius 1 is 1.13 bits per heavy atom. The predicted octanol–water partition coefficient (Wildman–Crippen LogP) is 0.958. The van der Waals surface area contributed by atoms with Gasteiger partial charge >= 0.3 is 0 Å². The van der Waals surface area contributed by atoms with Gasteiger partial charge in [-0.05, 0) is 24.8 Å². The van der Waals surface area contributed by atoms with E-state index >= 15 is 0 Å². The van der Waals surface area contributed by atoms with Crippen molar-refractivity contribution in [1.82, 2.24) is 9.96 Å². The predicted molar refractivity (Wildman–Crippen MR) is 84.6 cm³/mol. The summed E-state index contributed by atoms with van der Waals surface area (Å²) in [4.78, 5) is 26.2. The number of carbonyl (C=O) groups excluding carboxylic acids is 2. The third kappa shape index (κ3) is 3.23. The Bertz CT molecular complexity index is 578. The Morgan fingerprint density at radius 2 is 1.87 bits per heavy atom. The van der Waals surface area contributed by atoms with E-state index in [4.69, 9.17) is 5.73 Å². The second-order valence-electron chi connectivity index (χ2n) is 6.44. The Morgan fingerprint density at radius 3 is 2.57 bits per heavy atom. The first-order valence-electron chi connectivity index (χ1n) is 8.16. The summed E-state index contributed by atoms with van der Waals surface area (Å²) in [5.74, 6) is -1.00. The molecule has 0 bridgehead atoms. The van der Waals surface area contributed by atoms with Gasteiger partial charge in [-0.2, -0.15) is 5.06 Å². The Kier molecular flexibility index (Phi) is 4.63. The Labute approximate surface area is 135 Å². The number of nitrogens with zero attached hydrogens (tertiary/aromatic N) is 2. The van der Waals surface area contributed by atoms with Gasteiger partial charge in [0.2, 0.25) is 11.8 Å². The number of benzene rings is 1. The monoisotopic (exact) mass is 317 g/mol. The fourth-order valence-corrected chi connectivity index (χ4v) is 3.72.